The van der Waals surface area contributed by atoms with Gasteiger partial charge in [0.2, 0.25) is 0 Å². The molecule has 6 heteroatoms. The molecule has 2 aromatic rings. The summed E-state index contributed by atoms with van der Waals surface area (Å²) in [5.41, 5.74) is 5.11. The van der Waals surface area contributed by atoms with Gasteiger partial charge in [0.25, 0.3) is 0 Å². The molecule has 0 aliphatic carbocycles. The largest absolute Gasteiger partial charge is 0.323 e. The zero-order chi connectivity index (χ0) is 14.2. The van der Waals surface area contributed by atoms with Crippen molar-refractivity contribution >= 4 is 11.3 Å². The van der Waals surface area contributed by atoms with Gasteiger partial charge in [0.15, 0.2) is 23.3 Å². The molecule has 1 heterocycles. The van der Waals surface area contributed by atoms with Gasteiger partial charge in [-0.1, -0.05) is 6.92 Å². The molecule has 0 saturated heterocycles. The van der Waals surface area contributed by atoms with Crippen LogP contribution in [0.15, 0.2) is 18.2 Å². The molecule has 1 nitrogen and oxygen atoms in total. The highest BCUT2D eigenvalue weighted by Gasteiger charge is 2.22. The fourth-order valence-corrected chi connectivity index (χ4v) is 2.80. The predicted molar refractivity (Wildman–Crippen MR) is 66.8 cm³/mol. The molecule has 0 aliphatic heterocycles. The van der Waals surface area contributed by atoms with Gasteiger partial charge in [0, 0.05) is 21.9 Å². The van der Waals surface area contributed by atoms with Crippen LogP contribution in [0.25, 0.3) is 10.4 Å². The van der Waals surface area contributed by atoms with E-state index in [2.05, 4.69) is 0 Å². The summed E-state index contributed by atoms with van der Waals surface area (Å²) in [6.45, 7) is 1.87. The summed E-state index contributed by atoms with van der Waals surface area (Å²) < 4.78 is 53.5. The molecular weight excluding hydrogens is 278 g/mol. The van der Waals surface area contributed by atoms with Crippen LogP contribution in [0.5, 0.6) is 0 Å². The molecule has 0 radical (unpaired) electrons. The van der Waals surface area contributed by atoms with Crippen molar-refractivity contribution in [2.45, 2.75) is 19.4 Å². The number of nitrogens with two attached hydrogens (primary N) is 1. The number of rotatable bonds is 3. The number of hydrogen-bond donors (Lipinski definition) is 1. The fraction of sp³-hybridized carbons (Fsp3) is 0.231. The maximum absolute atomic E-state index is 13.6. The summed E-state index contributed by atoms with van der Waals surface area (Å²) in [7, 11) is 0. The molecule has 102 valence electrons. The second-order valence-corrected chi connectivity index (χ2v) is 5.18. The van der Waals surface area contributed by atoms with Crippen LogP contribution < -0.4 is 5.73 Å². The Bertz CT molecular complexity index is 583. The lowest BCUT2D eigenvalue weighted by atomic mass is 10.1. The Morgan fingerprint density at radius 1 is 1.11 bits per heavy atom. The Morgan fingerprint density at radius 2 is 1.68 bits per heavy atom. The van der Waals surface area contributed by atoms with Crippen LogP contribution in [0, 0.1) is 23.3 Å². The van der Waals surface area contributed by atoms with E-state index in [1.807, 2.05) is 6.92 Å². The van der Waals surface area contributed by atoms with E-state index in [-0.39, 0.29) is 17.0 Å². The third-order valence-electron chi connectivity index (χ3n) is 2.79. The molecule has 0 aliphatic rings. The van der Waals surface area contributed by atoms with Crippen LogP contribution in [0.3, 0.4) is 0 Å². The Kier molecular flexibility index (Phi) is 3.91. The van der Waals surface area contributed by atoms with Gasteiger partial charge in [-0.3, -0.25) is 0 Å². The molecule has 1 aromatic carbocycles. The highest BCUT2D eigenvalue weighted by atomic mass is 32.1. The number of hydrogen-bond acceptors (Lipinski definition) is 2. The lowest BCUT2D eigenvalue weighted by molar-refractivity contribution is 0.458. The van der Waals surface area contributed by atoms with E-state index in [1.54, 1.807) is 6.07 Å². The number of thiophene rings is 1. The molecule has 1 aromatic heterocycles. The Balaban J connectivity index is 2.56. The first-order valence-corrected chi connectivity index (χ1v) is 6.46. The number of benzene rings is 1. The first-order chi connectivity index (χ1) is 8.95. The molecule has 0 saturated carbocycles. The summed E-state index contributed by atoms with van der Waals surface area (Å²) in [6.07, 6.45) is 0.655. The second kappa shape index (κ2) is 5.30. The van der Waals surface area contributed by atoms with Gasteiger partial charge >= 0.3 is 0 Å². The highest BCUT2D eigenvalue weighted by molar-refractivity contribution is 7.15. The monoisotopic (exact) mass is 289 g/mol. The van der Waals surface area contributed by atoms with Gasteiger partial charge in [0.1, 0.15) is 0 Å². The molecule has 1 unspecified atom stereocenters. The molecule has 0 spiro atoms. The van der Waals surface area contributed by atoms with E-state index in [0.29, 0.717) is 11.3 Å². The third-order valence-corrected chi connectivity index (χ3v) is 4.02. The van der Waals surface area contributed by atoms with Crippen molar-refractivity contribution in [1.82, 2.24) is 0 Å². The average Bonchev–Trinajstić information content (AvgIpc) is 2.85. The zero-order valence-corrected chi connectivity index (χ0v) is 10.8. The molecule has 2 rings (SSSR count). The molecular formula is C13H11F4NS. The standard InChI is InChI=1S/C13H11F4NS/c1-2-8(18)9-3-4-10(19-9)11-12(16)6(14)5-7(15)13(11)17/h3-5,8H,2,18H2,1H3. The van der Waals surface area contributed by atoms with Crippen LogP contribution in [0.2, 0.25) is 0 Å². The van der Waals surface area contributed by atoms with E-state index >= 15 is 0 Å². The molecule has 0 fully saturated rings. The Labute approximate surface area is 111 Å². The van der Waals surface area contributed by atoms with Crippen molar-refractivity contribution in [3.63, 3.8) is 0 Å². The van der Waals surface area contributed by atoms with Crippen LogP contribution in [-0.4, -0.2) is 0 Å². The molecule has 2 N–H and O–H groups in total. The van der Waals surface area contributed by atoms with Gasteiger partial charge in [0.05, 0.1) is 5.56 Å². The third kappa shape index (κ3) is 2.50. The normalized spacial score (nSPS) is 12.7. The predicted octanol–water partition coefficient (Wildman–Crippen LogP) is 4.38. The average molecular weight is 289 g/mol. The lowest BCUT2D eigenvalue weighted by Gasteiger charge is -2.06. The van der Waals surface area contributed by atoms with Crippen molar-refractivity contribution in [3.05, 3.63) is 46.3 Å². The van der Waals surface area contributed by atoms with Gasteiger partial charge in [-0.25, -0.2) is 17.6 Å². The van der Waals surface area contributed by atoms with Crippen LogP contribution in [0.4, 0.5) is 17.6 Å². The number of halogens is 4. The maximum atomic E-state index is 13.6. The Morgan fingerprint density at radius 3 is 2.21 bits per heavy atom. The minimum absolute atomic E-state index is 0.118. The van der Waals surface area contributed by atoms with Crippen LogP contribution in [0.1, 0.15) is 24.3 Å². The topological polar surface area (TPSA) is 26.0 Å². The van der Waals surface area contributed by atoms with Crippen molar-refractivity contribution in [2.24, 2.45) is 5.73 Å². The van der Waals surface area contributed by atoms with Crippen molar-refractivity contribution in [1.29, 1.82) is 0 Å². The lowest BCUT2D eigenvalue weighted by Crippen LogP contribution is -2.05. The summed E-state index contributed by atoms with van der Waals surface area (Å²) in [5, 5.41) is 0. The van der Waals surface area contributed by atoms with Gasteiger partial charge in [-0.15, -0.1) is 11.3 Å². The summed E-state index contributed by atoms with van der Waals surface area (Å²) in [4.78, 5) is 0.827. The molecule has 0 amide bonds. The quantitative estimate of drug-likeness (QED) is 0.658. The van der Waals surface area contributed by atoms with Gasteiger partial charge in [-0.2, -0.15) is 0 Å². The van der Waals surface area contributed by atoms with E-state index in [4.69, 9.17) is 5.73 Å². The smallest absolute Gasteiger partial charge is 0.170 e. The first kappa shape index (κ1) is 14.0. The van der Waals surface area contributed by atoms with Crippen molar-refractivity contribution in [3.8, 4) is 10.4 Å². The van der Waals surface area contributed by atoms with Crippen molar-refractivity contribution in [2.75, 3.05) is 0 Å². The zero-order valence-electron chi connectivity index (χ0n) is 10.0. The van der Waals surface area contributed by atoms with Crippen LogP contribution in [-0.2, 0) is 0 Å². The minimum atomic E-state index is -1.41. The summed E-state index contributed by atoms with van der Waals surface area (Å²) in [5.74, 6) is -5.61. The SMILES string of the molecule is CCC(N)c1ccc(-c2c(F)c(F)cc(F)c2F)s1. The molecule has 19 heavy (non-hydrogen) atoms. The molecule has 0 bridgehead atoms. The summed E-state index contributed by atoms with van der Waals surface area (Å²) in [6, 6.07) is 2.95. The highest BCUT2D eigenvalue weighted by Crippen LogP contribution is 2.36. The van der Waals surface area contributed by atoms with E-state index in [9.17, 15) is 17.6 Å². The van der Waals surface area contributed by atoms with Crippen molar-refractivity contribution < 1.29 is 17.6 Å². The first-order valence-electron chi connectivity index (χ1n) is 5.64. The van der Waals surface area contributed by atoms with E-state index in [1.165, 1.54) is 6.07 Å². The van der Waals surface area contributed by atoms with E-state index in [0.717, 1.165) is 11.3 Å². The minimum Gasteiger partial charge on any atom is -0.323 e. The van der Waals surface area contributed by atoms with E-state index < -0.39 is 28.8 Å². The van der Waals surface area contributed by atoms with Gasteiger partial charge < -0.3 is 5.73 Å². The second-order valence-electron chi connectivity index (χ2n) is 4.06. The Hall–Kier alpha value is -1.40. The molecule has 1 atom stereocenters. The fourth-order valence-electron chi connectivity index (χ4n) is 1.68. The van der Waals surface area contributed by atoms with Crippen LogP contribution >= 0.6 is 11.3 Å². The maximum Gasteiger partial charge on any atom is 0.170 e. The van der Waals surface area contributed by atoms with Gasteiger partial charge in [-0.05, 0) is 18.6 Å². The summed E-state index contributed by atoms with van der Waals surface area (Å²) >= 11 is 1.03.